The standard InChI is InChI=1S/C20H13BrO/c21-14-11-9-13(10-12-14)19-15-5-1-3-7-17(15)20(22)18-8-4-2-6-16(18)19/h1-12,19H. The molecule has 0 N–H and O–H groups in total. The van der Waals surface area contributed by atoms with Gasteiger partial charge in [0.2, 0.25) is 0 Å². The maximum absolute atomic E-state index is 12.7. The van der Waals surface area contributed by atoms with Gasteiger partial charge in [-0.15, -0.1) is 0 Å². The number of rotatable bonds is 1. The minimum absolute atomic E-state index is 0.109. The molecule has 0 saturated carbocycles. The van der Waals surface area contributed by atoms with Gasteiger partial charge in [-0.05, 0) is 28.8 Å². The van der Waals surface area contributed by atoms with Gasteiger partial charge in [0.15, 0.2) is 5.78 Å². The number of benzene rings is 3. The van der Waals surface area contributed by atoms with E-state index >= 15 is 0 Å². The molecule has 0 aliphatic heterocycles. The lowest BCUT2D eigenvalue weighted by molar-refractivity contribution is 0.103. The van der Waals surface area contributed by atoms with Crippen molar-refractivity contribution in [1.82, 2.24) is 0 Å². The minimum atomic E-state index is 0.109. The molecule has 106 valence electrons. The lowest BCUT2D eigenvalue weighted by Crippen LogP contribution is -2.20. The minimum Gasteiger partial charge on any atom is -0.289 e. The molecule has 0 fully saturated rings. The third-order valence-electron chi connectivity index (χ3n) is 4.24. The molecule has 0 bridgehead atoms. The lowest BCUT2D eigenvalue weighted by atomic mass is 9.74. The van der Waals surface area contributed by atoms with Crippen molar-refractivity contribution in [1.29, 1.82) is 0 Å². The molecule has 0 amide bonds. The van der Waals surface area contributed by atoms with Crippen LogP contribution in [0.3, 0.4) is 0 Å². The number of hydrogen-bond acceptors (Lipinski definition) is 1. The SMILES string of the molecule is O=C1c2ccccc2C(c2ccc(Br)cc2)c2ccccc21. The number of halogens is 1. The van der Waals surface area contributed by atoms with Gasteiger partial charge in [0.25, 0.3) is 0 Å². The molecule has 0 saturated heterocycles. The van der Waals surface area contributed by atoms with E-state index in [4.69, 9.17) is 0 Å². The molecule has 0 atom stereocenters. The highest BCUT2D eigenvalue weighted by atomic mass is 79.9. The summed E-state index contributed by atoms with van der Waals surface area (Å²) in [6.07, 6.45) is 0. The van der Waals surface area contributed by atoms with Gasteiger partial charge in [0.1, 0.15) is 0 Å². The highest BCUT2D eigenvalue weighted by Crippen LogP contribution is 2.40. The fourth-order valence-corrected chi connectivity index (χ4v) is 3.50. The van der Waals surface area contributed by atoms with E-state index in [0.717, 1.165) is 26.7 Å². The van der Waals surface area contributed by atoms with Gasteiger partial charge in [-0.2, -0.15) is 0 Å². The van der Waals surface area contributed by atoms with Crippen LogP contribution in [0.2, 0.25) is 0 Å². The van der Waals surface area contributed by atoms with Gasteiger partial charge >= 0.3 is 0 Å². The van der Waals surface area contributed by atoms with Crippen molar-refractivity contribution >= 4 is 21.7 Å². The Balaban J connectivity index is 2.00. The first-order chi connectivity index (χ1) is 10.8. The first-order valence-corrected chi connectivity index (χ1v) is 8.03. The first-order valence-electron chi connectivity index (χ1n) is 7.24. The van der Waals surface area contributed by atoms with E-state index < -0.39 is 0 Å². The molecule has 3 aromatic rings. The second-order valence-electron chi connectivity index (χ2n) is 5.49. The van der Waals surface area contributed by atoms with Crippen molar-refractivity contribution in [3.63, 3.8) is 0 Å². The summed E-state index contributed by atoms with van der Waals surface area (Å²) in [5, 5.41) is 0. The van der Waals surface area contributed by atoms with Gasteiger partial charge < -0.3 is 0 Å². The van der Waals surface area contributed by atoms with Crippen LogP contribution in [0.1, 0.15) is 38.5 Å². The van der Waals surface area contributed by atoms with Crippen LogP contribution in [0.4, 0.5) is 0 Å². The molecule has 0 heterocycles. The highest BCUT2D eigenvalue weighted by molar-refractivity contribution is 9.10. The third-order valence-corrected chi connectivity index (χ3v) is 4.76. The number of fused-ring (bicyclic) bond motifs is 2. The predicted octanol–water partition coefficient (Wildman–Crippen LogP) is 5.17. The van der Waals surface area contributed by atoms with E-state index in [-0.39, 0.29) is 11.7 Å². The zero-order valence-corrected chi connectivity index (χ0v) is 13.4. The van der Waals surface area contributed by atoms with Crippen LogP contribution in [0.5, 0.6) is 0 Å². The van der Waals surface area contributed by atoms with Gasteiger partial charge in [-0.3, -0.25) is 4.79 Å². The smallest absolute Gasteiger partial charge is 0.193 e. The van der Waals surface area contributed by atoms with Gasteiger partial charge in [0, 0.05) is 21.5 Å². The molecule has 3 aromatic carbocycles. The average Bonchev–Trinajstić information content (AvgIpc) is 2.57. The number of hydrogen-bond donors (Lipinski definition) is 0. The maximum atomic E-state index is 12.7. The van der Waals surface area contributed by atoms with Crippen molar-refractivity contribution in [2.24, 2.45) is 0 Å². The molecule has 0 aromatic heterocycles. The van der Waals surface area contributed by atoms with Crippen molar-refractivity contribution in [2.45, 2.75) is 5.92 Å². The molecule has 1 aliphatic carbocycles. The van der Waals surface area contributed by atoms with Crippen LogP contribution in [-0.2, 0) is 0 Å². The van der Waals surface area contributed by atoms with E-state index in [0.29, 0.717) is 0 Å². The Morgan fingerprint density at radius 2 is 1.18 bits per heavy atom. The Morgan fingerprint density at radius 3 is 1.73 bits per heavy atom. The third kappa shape index (κ3) is 2.03. The Labute approximate surface area is 137 Å². The predicted molar refractivity (Wildman–Crippen MR) is 91.4 cm³/mol. The molecule has 4 rings (SSSR count). The first kappa shape index (κ1) is 13.5. The average molecular weight is 349 g/mol. The van der Waals surface area contributed by atoms with E-state index in [1.54, 1.807) is 0 Å². The molecule has 1 nitrogen and oxygen atoms in total. The van der Waals surface area contributed by atoms with Crippen LogP contribution in [0, 0.1) is 0 Å². The summed E-state index contributed by atoms with van der Waals surface area (Å²) in [5.74, 6) is 0.234. The van der Waals surface area contributed by atoms with Crippen LogP contribution < -0.4 is 0 Å². The van der Waals surface area contributed by atoms with Gasteiger partial charge in [-0.1, -0.05) is 76.6 Å². The van der Waals surface area contributed by atoms with E-state index in [1.807, 2.05) is 36.4 Å². The fraction of sp³-hybridized carbons (Fsp3) is 0.0500. The molecule has 1 aliphatic rings. The Hall–Kier alpha value is -2.19. The summed E-state index contributed by atoms with van der Waals surface area (Å²) in [4.78, 5) is 12.7. The molecule has 0 spiro atoms. The summed E-state index contributed by atoms with van der Waals surface area (Å²) < 4.78 is 1.06. The number of carbonyl (C=O) groups excluding carboxylic acids is 1. The zero-order chi connectivity index (χ0) is 15.1. The molecule has 0 radical (unpaired) electrons. The van der Waals surface area contributed by atoms with Gasteiger partial charge in [-0.25, -0.2) is 0 Å². The highest BCUT2D eigenvalue weighted by Gasteiger charge is 2.31. The van der Waals surface area contributed by atoms with Crippen LogP contribution in [0.25, 0.3) is 0 Å². The Morgan fingerprint density at radius 1 is 0.682 bits per heavy atom. The van der Waals surface area contributed by atoms with Crippen LogP contribution in [-0.4, -0.2) is 5.78 Å². The maximum Gasteiger partial charge on any atom is 0.193 e. The summed E-state index contributed by atoms with van der Waals surface area (Å²) in [6.45, 7) is 0. The van der Waals surface area contributed by atoms with Crippen LogP contribution in [0.15, 0.2) is 77.3 Å². The van der Waals surface area contributed by atoms with Crippen molar-refractivity contribution in [3.8, 4) is 0 Å². The topological polar surface area (TPSA) is 17.1 Å². The Bertz CT molecular complexity index is 815. The second-order valence-corrected chi connectivity index (χ2v) is 6.40. The second kappa shape index (κ2) is 5.22. The van der Waals surface area contributed by atoms with Crippen LogP contribution >= 0.6 is 15.9 Å². The monoisotopic (exact) mass is 348 g/mol. The molecule has 0 unspecified atom stereocenters. The summed E-state index contributed by atoms with van der Waals surface area (Å²) in [7, 11) is 0. The summed E-state index contributed by atoms with van der Waals surface area (Å²) in [5.41, 5.74) is 5.01. The summed E-state index contributed by atoms with van der Waals surface area (Å²) in [6, 6.07) is 24.2. The van der Waals surface area contributed by atoms with Crippen molar-refractivity contribution in [2.75, 3.05) is 0 Å². The summed E-state index contributed by atoms with van der Waals surface area (Å²) >= 11 is 3.49. The number of carbonyl (C=O) groups is 1. The van der Waals surface area contributed by atoms with Crippen molar-refractivity contribution in [3.05, 3.63) is 105 Å². The fourth-order valence-electron chi connectivity index (χ4n) is 3.24. The van der Waals surface area contributed by atoms with E-state index in [1.165, 1.54) is 5.56 Å². The molecular weight excluding hydrogens is 336 g/mol. The molecular formula is C20H13BrO. The van der Waals surface area contributed by atoms with Gasteiger partial charge in [0.05, 0.1) is 0 Å². The van der Waals surface area contributed by atoms with E-state index in [9.17, 15) is 4.79 Å². The normalized spacial score (nSPS) is 13.6. The zero-order valence-electron chi connectivity index (χ0n) is 11.8. The molecule has 22 heavy (non-hydrogen) atoms. The quantitative estimate of drug-likeness (QED) is 0.463. The lowest BCUT2D eigenvalue weighted by Gasteiger charge is -2.28. The van der Waals surface area contributed by atoms with E-state index in [2.05, 4.69) is 52.3 Å². The van der Waals surface area contributed by atoms with Crippen molar-refractivity contribution < 1.29 is 4.79 Å². The number of ketones is 1. The Kier molecular flexibility index (Phi) is 3.20. The molecule has 2 heteroatoms. The largest absolute Gasteiger partial charge is 0.289 e.